The molecular weight excluding hydrogens is 196 g/mol. The molecule has 0 unspecified atom stereocenters. The maximum atomic E-state index is 11.7. The summed E-state index contributed by atoms with van der Waals surface area (Å²) in [7, 11) is 3.15. The van der Waals surface area contributed by atoms with Crippen molar-refractivity contribution in [2.75, 3.05) is 19.4 Å². The second-order valence-corrected chi connectivity index (χ2v) is 3.06. The van der Waals surface area contributed by atoms with Gasteiger partial charge in [0.05, 0.1) is 0 Å². The van der Waals surface area contributed by atoms with Gasteiger partial charge in [-0.05, 0) is 6.92 Å². The lowest BCUT2D eigenvalue weighted by Gasteiger charge is -2.09. The van der Waals surface area contributed by atoms with E-state index in [0.29, 0.717) is 5.69 Å². The Balaban J connectivity index is 3.15. The van der Waals surface area contributed by atoms with Crippen LogP contribution < -0.4 is 16.2 Å². The summed E-state index contributed by atoms with van der Waals surface area (Å²) in [5.74, 6) is 0.0259. The van der Waals surface area contributed by atoms with Gasteiger partial charge in [0.1, 0.15) is 6.54 Å². The van der Waals surface area contributed by atoms with E-state index in [1.807, 2.05) is 0 Å². The van der Waals surface area contributed by atoms with Gasteiger partial charge in [-0.3, -0.25) is 14.2 Å². The van der Waals surface area contributed by atoms with E-state index in [0.717, 1.165) is 0 Å². The third-order valence-electron chi connectivity index (χ3n) is 2.07. The topological polar surface area (TPSA) is 76.0 Å². The number of nitrogens with one attached hydrogen (secondary N) is 2. The van der Waals surface area contributed by atoms with E-state index in [-0.39, 0.29) is 23.8 Å². The van der Waals surface area contributed by atoms with E-state index >= 15 is 0 Å². The fourth-order valence-corrected chi connectivity index (χ4v) is 1.16. The molecule has 6 nitrogen and oxygen atoms in total. The van der Waals surface area contributed by atoms with E-state index in [2.05, 4.69) is 15.6 Å². The number of hydrogen-bond acceptors (Lipinski definition) is 4. The molecule has 1 rings (SSSR count). The van der Waals surface area contributed by atoms with Gasteiger partial charge in [-0.15, -0.1) is 0 Å². The van der Waals surface area contributed by atoms with Crippen LogP contribution in [0.4, 0.5) is 5.82 Å². The summed E-state index contributed by atoms with van der Waals surface area (Å²) >= 11 is 0. The summed E-state index contributed by atoms with van der Waals surface area (Å²) < 4.78 is 1.37. The van der Waals surface area contributed by atoms with Crippen molar-refractivity contribution >= 4 is 11.7 Å². The highest BCUT2D eigenvalue weighted by Crippen LogP contribution is 1.97. The molecule has 1 amide bonds. The van der Waals surface area contributed by atoms with Crippen LogP contribution in [-0.2, 0) is 11.3 Å². The number of likely N-dealkylation sites (N-methyl/N-ethyl adjacent to an activating group) is 1. The number of amides is 1. The van der Waals surface area contributed by atoms with Gasteiger partial charge in [0.25, 0.3) is 5.56 Å². The van der Waals surface area contributed by atoms with Crippen molar-refractivity contribution in [1.29, 1.82) is 0 Å². The minimum atomic E-state index is -0.291. The van der Waals surface area contributed by atoms with Gasteiger partial charge in [-0.2, -0.15) is 0 Å². The van der Waals surface area contributed by atoms with E-state index in [1.54, 1.807) is 20.2 Å². The third kappa shape index (κ3) is 2.34. The lowest BCUT2D eigenvalue weighted by atomic mass is 10.4. The number of carbonyl (C=O) groups is 1. The predicted octanol–water partition coefficient (Wildman–Crippen LogP) is -0.661. The number of hydrogen-bond donors (Lipinski definition) is 2. The molecule has 1 aromatic heterocycles. The molecule has 0 saturated carbocycles. The summed E-state index contributed by atoms with van der Waals surface area (Å²) in [5, 5.41) is 5.14. The molecule has 2 N–H and O–H groups in total. The molecule has 0 aliphatic carbocycles. The second-order valence-electron chi connectivity index (χ2n) is 3.06. The van der Waals surface area contributed by atoms with E-state index in [1.165, 1.54) is 11.6 Å². The number of carbonyl (C=O) groups excluding carboxylic acids is 1. The highest BCUT2D eigenvalue weighted by Gasteiger charge is 2.08. The van der Waals surface area contributed by atoms with Crippen LogP contribution in [0.5, 0.6) is 0 Å². The first-order chi connectivity index (χ1) is 7.10. The molecule has 82 valence electrons. The SMILES string of the molecule is CNC(=O)Cn1c(C)cnc(NC)c1=O. The van der Waals surface area contributed by atoms with Crippen molar-refractivity contribution in [2.45, 2.75) is 13.5 Å². The van der Waals surface area contributed by atoms with Crippen molar-refractivity contribution < 1.29 is 4.79 Å². The molecule has 0 fully saturated rings. The van der Waals surface area contributed by atoms with Crippen LogP contribution in [0.1, 0.15) is 5.69 Å². The van der Waals surface area contributed by atoms with Crippen molar-refractivity contribution in [1.82, 2.24) is 14.9 Å². The largest absolute Gasteiger partial charge is 0.369 e. The van der Waals surface area contributed by atoms with Crippen LogP contribution in [0.3, 0.4) is 0 Å². The summed E-state index contributed by atoms with van der Waals surface area (Å²) in [6.45, 7) is 1.75. The predicted molar refractivity (Wildman–Crippen MR) is 56.8 cm³/mol. The Morgan fingerprint density at radius 3 is 2.73 bits per heavy atom. The number of rotatable bonds is 3. The number of aromatic nitrogens is 2. The average molecular weight is 210 g/mol. The number of nitrogens with zero attached hydrogens (tertiary/aromatic N) is 2. The Hall–Kier alpha value is -1.85. The molecule has 0 radical (unpaired) electrons. The molecule has 6 heteroatoms. The summed E-state index contributed by atoms with van der Waals surface area (Å²) in [5.41, 5.74) is 0.365. The van der Waals surface area contributed by atoms with Crippen molar-refractivity contribution in [3.8, 4) is 0 Å². The Kier molecular flexibility index (Phi) is 3.43. The van der Waals surface area contributed by atoms with Gasteiger partial charge in [0, 0.05) is 26.0 Å². The Morgan fingerprint density at radius 2 is 2.20 bits per heavy atom. The van der Waals surface area contributed by atoms with Crippen LogP contribution in [0, 0.1) is 6.92 Å². The molecule has 0 aromatic carbocycles. The van der Waals surface area contributed by atoms with Crippen LogP contribution >= 0.6 is 0 Å². The Morgan fingerprint density at radius 1 is 1.53 bits per heavy atom. The molecule has 1 heterocycles. The lowest BCUT2D eigenvalue weighted by molar-refractivity contribution is -0.121. The Bertz CT molecular complexity index is 425. The van der Waals surface area contributed by atoms with Crippen molar-refractivity contribution in [2.24, 2.45) is 0 Å². The standard InChI is InChI=1S/C9H14N4O2/c1-6-4-12-8(11-3)9(15)13(6)5-7(14)10-2/h4H,5H2,1-3H3,(H,10,14)(H,11,12). The summed E-state index contributed by atoms with van der Waals surface area (Å²) in [6, 6.07) is 0. The average Bonchev–Trinajstić information content (AvgIpc) is 2.24. The first-order valence-corrected chi connectivity index (χ1v) is 4.55. The lowest BCUT2D eigenvalue weighted by Crippen LogP contribution is -2.32. The molecule has 0 spiro atoms. The minimum absolute atomic E-state index is 0.0123. The van der Waals surface area contributed by atoms with Crippen LogP contribution in [-0.4, -0.2) is 29.6 Å². The van der Waals surface area contributed by atoms with E-state index in [4.69, 9.17) is 0 Å². The zero-order valence-corrected chi connectivity index (χ0v) is 9.00. The van der Waals surface area contributed by atoms with Gasteiger partial charge in [0.2, 0.25) is 5.91 Å². The first-order valence-electron chi connectivity index (χ1n) is 4.55. The molecule has 0 atom stereocenters. The zero-order chi connectivity index (χ0) is 11.4. The van der Waals surface area contributed by atoms with E-state index < -0.39 is 0 Å². The van der Waals surface area contributed by atoms with Gasteiger partial charge in [-0.25, -0.2) is 4.98 Å². The molecule has 15 heavy (non-hydrogen) atoms. The van der Waals surface area contributed by atoms with Crippen LogP contribution in [0.15, 0.2) is 11.0 Å². The molecule has 1 aromatic rings. The second kappa shape index (κ2) is 4.59. The monoisotopic (exact) mass is 210 g/mol. The fourth-order valence-electron chi connectivity index (χ4n) is 1.16. The third-order valence-corrected chi connectivity index (χ3v) is 2.07. The highest BCUT2D eigenvalue weighted by atomic mass is 16.2. The van der Waals surface area contributed by atoms with Gasteiger partial charge < -0.3 is 10.6 Å². The number of aryl methyl sites for hydroxylation is 1. The van der Waals surface area contributed by atoms with Gasteiger partial charge in [0.15, 0.2) is 5.82 Å². The van der Waals surface area contributed by atoms with Gasteiger partial charge >= 0.3 is 0 Å². The molecule has 0 aliphatic rings. The normalized spacial score (nSPS) is 9.80. The molecule has 0 aliphatic heterocycles. The van der Waals surface area contributed by atoms with Crippen molar-refractivity contribution in [3.63, 3.8) is 0 Å². The summed E-state index contributed by atoms with van der Waals surface area (Å²) in [6.07, 6.45) is 1.55. The molecule has 0 saturated heterocycles. The zero-order valence-electron chi connectivity index (χ0n) is 9.00. The maximum Gasteiger partial charge on any atom is 0.293 e. The fraction of sp³-hybridized carbons (Fsp3) is 0.444. The van der Waals surface area contributed by atoms with Crippen LogP contribution in [0.2, 0.25) is 0 Å². The van der Waals surface area contributed by atoms with Crippen LogP contribution in [0.25, 0.3) is 0 Å². The first kappa shape index (κ1) is 11.2. The maximum absolute atomic E-state index is 11.7. The molecule has 0 bridgehead atoms. The highest BCUT2D eigenvalue weighted by molar-refractivity contribution is 5.75. The Labute approximate surface area is 87.3 Å². The minimum Gasteiger partial charge on any atom is -0.369 e. The van der Waals surface area contributed by atoms with Crippen molar-refractivity contribution in [3.05, 3.63) is 22.2 Å². The quantitative estimate of drug-likeness (QED) is 0.694. The summed E-state index contributed by atoms with van der Waals surface area (Å²) in [4.78, 5) is 26.8. The van der Waals surface area contributed by atoms with E-state index in [9.17, 15) is 9.59 Å². The smallest absolute Gasteiger partial charge is 0.293 e. The molecular formula is C9H14N4O2. The number of anilines is 1. The van der Waals surface area contributed by atoms with Gasteiger partial charge in [-0.1, -0.05) is 0 Å².